The van der Waals surface area contributed by atoms with Crippen LogP contribution in [0.25, 0.3) is 22.2 Å². The normalized spacial score (nSPS) is 16.6. The molecule has 2 aromatic carbocycles. The van der Waals surface area contributed by atoms with Crippen molar-refractivity contribution in [2.75, 3.05) is 6.54 Å². The molecule has 0 radical (unpaired) electrons. The zero-order chi connectivity index (χ0) is 19.8. The van der Waals surface area contributed by atoms with E-state index < -0.39 is 0 Å². The predicted octanol–water partition coefficient (Wildman–Crippen LogP) is 5.60. The number of likely N-dealkylation sites (tertiary alicyclic amines) is 1. The quantitative estimate of drug-likeness (QED) is 0.443. The topological polar surface area (TPSA) is 46.3 Å². The first kappa shape index (κ1) is 18.1. The second kappa shape index (κ2) is 7.44. The lowest BCUT2D eigenvalue weighted by atomic mass is 10.1. The minimum Gasteiger partial charge on any atom is -0.438 e. The smallest absolute Gasteiger partial charge is 0.228 e. The summed E-state index contributed by atoms with van der Waals surface area (Å²) in [7, 11) is 0. The van der Waals surface area contributed by atoms with Gasteiger partial charge in [-0.25, -0.2) is 9.37 Å². The van der Waals surface area contributed by atoms with E-state index in [1.165, 1.54) is 12.1 Å². The highest BCUT2D eigenvalue weighted by Gasteiger charge is 2.33. The molecular weight excluding hydrogens is 387 g/mol. The van der Waals surface area contributed by atoms with Crippen molar-refractivity contribution in [1.29, 1.82) is 0 Å². The fraction of sp³-hybridized carbons (Fsp3) is 0.217. The van der Waals surface area contributed by atoms with E-state index in [9.17, 15) is 9.18 Å². The Kier molecular flexibility index (Phi) is 4.64. The Bertz CT molecular complexity index is 1150. The van der Waals surface area contributed by atoms with Crippen LogP contribution in [-0.2, 0) is 11.2 Å². The van der Waals surface area contributed by atoms with Crippen LogP contribution in [-0.4, -0.2) is 22.3 Å². The fourth-order valence-electron chi connectivity index (χ4n) is 3.90. The summed E-state index contributed by atoms with van der Waals surface area (Å²) >= 11 is 1.60. The number of benzene rings is 2. The molecule has 146 valence electrons. The highest BCUT2D eigenvalue weighted by molar-refractivity contribution is 7.10. The van der Waals surface area contributed by atoms with Crippen LogP contribution in [0.15, 0.2) is 64.4 Å². The van der Waals surface area contributed by atoms with Crippen LogP contribution in [0.5, 0.6) is 0 Å². The molecule has 0 N–H and O–H groups in total. The van der Waals surface area contributed by atoms with Crippen molar-refractivity contribution in [2.45, 2.75) is 25.3 Å². The van der Waals surface area contributed by atoms with Gasteiger partial charge in [-0.1, -0.05) is 24.3 Å². The van der Waals surface area contributed by atoms with E-state index in [2.05, 4.69) is 0 Å². The van der Waals surface area contributed by atoms with E-state index in [-0.39, 0.29) is 17.8 Å². The number of hydrogen-bond acceptors (Lipinski definition) is 4. The zero-order valence-corrected chi connectivity index (χ0v) is 16.5. The summed E-state index contributed by atoms with van der Waals surface area (Å²) in [5.41, 5.74) is 3.32. The lowest BCUT2D eigenvalue weighted by Crippen LogP contribution is -2.31. The van der Waals surface area contributed by atoms with Gasteiger partial charge in [-0.15, -0.1) is 11.3 Å². The maximum atomic E-state index is 13.2. The standard InChI is InChI=1S/C23H19FN2O2S/c24-17-8-5-15(6-9-17)16-7-10-21-19(13-16)25-23(28-21)20-4-1-11-26(20)22(27)14-18-3-2-12-29-18/h2-3,5-10,12-13,20H,1,4,11,14H2. The minimum atomic E-state index is -0.257. The molecule has 1 fully saturated rings. The summed E-state index contributed by atoms with van der Waals surface area (Å²) in [5, 5.41) is 1.99. The lowest BCUT2D eigenvalue weighted by Gasteiger charge is -2.22. The van der Waals surface area contributed by atoms with Crippen LogP contribution in [0.3, 0.4) is 0 Å². The van der Waals surface area contributed by atoms with E-state index in [4.69, 9.17) is 9.40 Å². The highest BCUT2D eigenvalue weighted by atomic mass is 32.1. The molecular formula is C23H19FN2O2S. The largest absolute Gasteiger partial charge is 0.438 e. The number of oxazole rings is 1. The van der Waals surface area contributed by atoms with Gasteiger partial charge < -0.3 is 9.32 Å². The lowest BCUT2D eigenvalue weighted by molar-refractivity contribution is -0.131. The van der Waals surface area contributed by atoms with Gasteiger partial charge in [-0.05, 0) is 59.7 Å². The fourth-order valence-corrected chi connectivity index (χ4v) is 4.59. The SMILES string of the molecule is O=C(Cc1cccs1)N1CCCC1c1nc2cc(-c3ccc(F)cc3)ccc2o1. The maximum absolute atomic E-state index is 13.2. The number of nitrogens with zero attached hydrogens (tertiary/aromatic N) is 2. The Balaban J connectivity index is 1.42. The van der Waals surface area contributed by atoms with Gasteiger partial charge in [0.05, 0.1) is 6.42 Å². The van der Waals surface area contributed by atoms with Gasteiger partial charge in [0.25, 0.3) is 0 Å². The molecule has 1 amide bonds. The van der Waals surface area contributed by atoms with Crippen LogP contribution >= 0.6 is 11.3 Å². The summed E-state index contributed by atoms with van der Waals surface area (Å²) in [4.78, 5) is 20.5. The van der Waals surface area contributed by atoms with Crippen molar-refractivity contribution in [3.05, 3.63) is 76.6 Å². The number of rotatable bonds is 4. The van der Waals surface area contributed by atoms with Gasteiger partial charge in [-0.3, -0.25) is 4.79 Å². The summed E-state index contributed by atoms with van der Waals surface area (Å²) in [6.45, 7) is 0.731. The molecule has 0 bridgehead atoms. The van der Waals surface area contributed by atoms with Crippen LogP contribution in [0.1, 0.15) is 29.7 Å². The van der Waals surface area contributed by atoms with Crippen molar-refractivity contribution >= 4 is 28.3 Å². The van der Waals surface area contributed by atoms with Gasteiger partial charge >= 0.3 is 0 Å². The van der Waals surface area contributed by atoms with Crippen molar-refractivity contribution in [2.24, 2.45) is 0 Å². The maximum Gasteiger partial charge on any atom is 0.228 e. The molecule has 4 aromatic rings. The average molecular weight is 406 g/mol. The predicted molar refractivity (Wildman–Crippen MR) is 111 cm³/mol. The summed E-state index contributed by atoms with van der Waals surface area (Å²) in [6, 6.07) is 16.0. The molecule has 6 heteroatoms. The van der Waals surface area contributed by atoms with Crippen LogP contribution < -0.4 is 0 Å². The summed E-state index contributed by atoms with van der Waals surface area (Å²) in [6.07, 6.45) is 2.22. The molecule has 29 heavy (non-hydrogen) atoms. The highest BCUT2D eigenvalue weighted by Crippen LogP contribution is 2.35. The molecule has 4 nitrogen and oxygen atoms in total. The van der Waals surface area contributed by atoms with E-state index >= 15 is 0 Å². The van der Waals surface area contributed by atoms with Gasteiger partial charge in [0, 0.05) is 11.4 Å². The molecule has 5 rings (SSSR count). The number of hydrogen-bond donors (Lipinski definition) is 0. The molecule has 0 spiro atoms. The Morgan fingerprint density at radius 1 is 1.17 bits per heavy atom. The first-order valence-electron chi connectivity index (χ1n) is 9.66. The van der Waals surface area contributed by atoms with Crippen LogP contribution in [0.4, 0.5) is 4.39 Å². The monoisotopic (exact) mass is 406 g/mol. The Hall–Kier alpha value is -2.99. The first-order chi connectivity index (χ1) is 14.2. The Morgan fingerprint density at radius 2 is 2.00 bits per heavy atom. The zero-order valence-electron chi connectivity index (χ0n) is 15.7. The molecule has 0 aliphatic carbocycles. The number of amides is 1. The van der Waals surface area contributed by atoms with Gasteiger partial charge in [0.2, 0.25) is 11.8 Å². The van der Waals surface area contributed by atoms with Gasteiger partial charge in [-0.2, -0.15) is 0 Å². The molecule has 0 saturated carbocycles. The number of thiophene rings is 1. The van der Waals surface area contributed by atoms with Crippen molar-refractivity contribution < 1.29 is 13.6 Å². The average Bonchev–Trinajstić information content (AvgIpc) is 3.47. The third-order valence-electron chi connectivity index (χ3n) is 5.35. The second-order valence-electron chi connectivity index (χ2n) is 7.24. The van der Waals surface area contributed by atoms with Crippen LogP contribution in [0.2, 0.25) is 0 Å². The third-order valence-corrected chi connectivity index (χ3v) is 6.22. The molecule has 1 saturated heterocycles. The van der Waals surface area contributed by atoms with Crippen molar-refractivity contribution in [3.63, 3.8) is 0 Å². The molecule has 1 atom stereocenters. The van der Waals surface area contributed by atoms with Gasteiger partial charge in [0.1, 0.15) is 17.4 Å². The number of halogens is 1. The van der Waals surface area contributed by atoms with Crippen molar-refractivity contribution in [3.8, 4) is 11.1 Å². The van der Waals surface area contributed by atoms with Crippen LogP contribution in [0, 0.1) is 5.82 Å². The Morgan fingerprint density at radius 3 is 2.79 bits per heavy atom. The second-order valence-corrected chi connectivity index (χ2v) is 8.28. The van der Waals surface area contributed by atoms with E-state index in [0.717, 1.165) is 40.9 Å². The third kappa shape index (κ3) is 3.56. The molecule has 2 aromatic heterocycles. The van der Waals surface area contributed by atoms with E-state index in [1.807, 2.05) is 40.6 Å². The molecule has 1 unspecified atom stereocenters. The molecule has 1 aliphatic rings. The molecule has 1 aliphatic heterocycles. The van der Waals surface area contributed by atoms with Crippen molar-refractivity contribution in [1.82, 2.24) is 9.88 Å². The van der Waals surface area contributed by atoms with E-state index in [0.29, 0.717) is 17.9 Å². The minimum absolute atomic E-state index is 0.115. The number of carbonyl (C=O) groups excluding carboxylic acids is 1. The Labute approximate surface area is 171 Å². The summed E-state index contributed by atoms with van der Waals surface area (Å²) in [5.74, 6) is 0.449. The summed E-state index contributed by atoms with van der Waals surface area (Å²) < 4.78 is 19.2. The molecule has 3 heterocycles. The number of carbonyl (C=O) groups is 1. The number of aromatic nitrogens is 1. The first-order valence-corrected chi connectivity index (χ1v) is 10.5. The van der Waals surface area contributed by atoms with E-state index in [1.54, 1.807) is 23.5 Å². The van der Waals surface area contributed by atoms with Gasteiger partial charge in [0.15, 0.2) is 5.58 Å². The number of fused-ring (bicyclic) bond motifs is 1.